The SMILES string of the molecule is COc1ccc(F)c2c(CCNC(=O)O)c(C#N)ccc12. The average Bonchev–Trinajstić information content (AvgIpc) is 2.47. The molecule has 0 unspecified atom stereocenters. The van der Waals surface area contributed by atoms with Crippen LogP contribution < -0.4 is 10.1 Å². The van der Waals surface area contributed by atoms with Crippen molar-refractivity contribution in [1.29, 1.82) is 5.26 Å². The van der Waals surface area contributed by atoms with E-state index < -0.39 is 11.9 Å². The van der Waals surface area contributed by atoms with Crippen LogP contribution in [0.25, 0.3) is 10.8 Å². The number of hydrogen-bond acceptors (Lipinski definition) is 3. The monoisotopic (exact) mass is 288 g/mol. The Morgan fingerprint density at radius 1 is 1.43 bits per heavy atom. The van der Waals surface area contributed by atoms with Gasteiger partial charge in [-0.2, -0.15) is 5.26 Å². The maximum absolute atomic E-state index is 14.2. The molecule has 108 valence electrons. The topological polar surface area (TPSA) is 82.3 Å². The molecule has 0 aliphatic rings. The van der Waals surface area contributed by atoms with Crippen molar-refractivity contribution in [2.45, 2.75) is 6.42 Å². The molecule has 0 aromatic heterocycles. The van der Waals surface area contributed by atoms with Crippen molar-refractivity contribution in [2.75, 3.05) is 13.7 Å². The molecule has 2 aromatic carbocycles. The normalized spacial score (nSPS) is 10.1. The van der Waals surface area contributed by atoms with Crippen LogP contribution in [0.5, 0.6) is 5.75 Å². The van der Waals surface area contributed by atoms with Gasteiger partial charge in [-0.15, -0.1) is 0 Å². The number of nitrogens with zero attached hydrogens (tertiary/aromatic N) is 1. The Labute approximate surface area is 120 Å². The summed E-state index contributed by atoms with van der Waals surface area (Å²) in [6.07, 6.45) is -0.942. The van der Waals surface area contributed by atoms with Crippen molar-refractivity contribution < 1.29 is 19.0 Å². The van der Waals surface area contributed by atoms with E-state index in [2.05, 4.69) is 5.32 Å². The second-order valence-corrected chi connectivity index (χ2v) is 4.36. The zero-order valence-electron chi connectivity index (χ0n) is 11.3. The minimum Gasteiger partial charge on any atom is -0.496 e. The van der Waals surface area contributed by atoms with Crippen LogP contribution in [0, 0.1) is 17.1 Å². The number of nitrogens with one attached hydrogen (secondary N) is 1. The van der Waals surface area contributed by atoms with E-state index in [0.717, 1.165) is 0 Å². The van der Waals surface area contributed by atoms with Crippen LogP contribution in [0.15, 0.2) is 24.3 Å². The lowest BCUT2D eigenvalue weighted by Crippen LogP contribution is -2.23. The Morgan fingerprint density at radius 2 is 2.19 bits per heavy atom. The van der Waals surface area contributed by atoms with Gasteiger partial charge >= 0.3 is 6.09 Å². The summed E-state index contributed by atoms with van der Waals surface area (Å²) in [4.78, 5) is 10.5. The number of benzene rings is 2. The molecule has 0 bridgehead atoms. The van der Waals surface area contributed by atoms with Crippen molar-refractivity contribution in [3.8, 4) is 11.8 Å². The fraction of sp³-hybridized carbons (Fsp3) is 0.200. The zero-order chi connectivity index (χ0) is 15.4. The third kappa shape index (κ3) is 2.87. The molecule has 0 spiro atoms. The first-order valence-corrected chi connectivity index (χ1v) is 6.23. The van der Waals surface area contributed by atoms with Gasteiger partial charge < -0.3 is 15.2 Å². The molecule has 2 aromatic rings. The average molecular weight is 288 g/mol. The number of carboxylic acid groups (broad SMARTS) is 1. The number of hydrogen-bond donors (Lipinski definition) is 2. The van der Waals surface area contributed by atoms with Crippen LogP contribution in [-0.4, -0.2) is 24.9 Å². The fourth-order valence-corrected chi connectivity index (χ4v) is 2.28. The van der Waals surface area contributed by atoms with Gasteiger partial charge in [0.15, 0.2) is 0 Å². The zero-order valence-corrected chi connectivity index (χ0v) is 11.3. The Hall–Kier alpha value is -2.81. The molecule has 0 aliphatic carbocycles. The number of carbonyl (C=O) groups is 1. The van der Waals surface area contributed by atoms with Crippen LogP contribution in [-0.2, 0) is 6.42 Å². The molecule has 0 aliphatic heterocycles. The highest BCUT2D eigenvalue weighted by atomic mass is 19.1. The summed E-state index contributed by atoms with van der Waals surface area (Å²) in [6.45, 7) is 0.0970. The molecule has 2 N–H and O–H groups in total. The van der Waals surface area contributed by atoms with Crippen LogP contribution in [0.1, 0.15) is 11.1 Å². The Kier molecular flexibility index (Phi) is 4.24. The van der Waals surface area contributed by atoms with Gasteiger partial charge in [-0.05, 0) is 36.2 Å². The number of amides is 1. The first-order valence-electron chi connectivity index (χ1n) is 6.23. The van der Waals surface area contributed by atoms with E-state index in [1.807, 2.05) is 6.07 Å². The van der Waals surface area contributed by atoms with E-state index in [-0.39, 0.29) is 13.0 Å². The molecular weight excluding hydrogens is 275 g/mol. The van der Waals surface area contributed by atoms with Crippen molar-refractivity contribution >= 4 is 16.9 Å². The molecular formula is C15H13FN2O3. The van der Waals surface area contributed by atoms with E-state index in [0.29, 0.717) is 27.6 Å². The molecule has 2 rings (SSSR count). The minimum atomic E-state index is -1.16. The van der Waals surface area contributed by atoms with Crippen molar-refractivity contribution in [3.63, 3.8) is 0 Å². The quantitative estimate of drug-likeness (QED) is 0.906. The fourth-order valence-electron chi connectivity index (χ4n) is 2.28. The molecule has 21 heavy (non-hydrogen) atoms. The highest BCUT2D eigenvalue weighted by Crippen LogP contribution is 2.32. The second-order valence-electron chi connectivity index (χ2n) is 4.36. The number of rotatable bonds is 4. The van der Waals surface area contributed by atoms with E-state index in [9.17, 15) is 9.18 Å². The summed E-state index contributed by atoms with van der Waals surface area (Å²) in [7, 11) is 1.48. The Balaban J connectivity index is 2.59. The van der Waals surface area contributed by atoms with Gasteiger partial charge in [0.25, 0.3) is 0 Å². The third-order valence-electron chi connectivity index (χ3n) is 3.19. The van der Waals surface area contributed by atoms with Gasteiger partial charge in [-0.1, -0.05) is 0 Å². The summed E-state index contributed by atoms with van der Waals surface area (Å²) in [6, 6.07) is 8.01. The summed E-state index contributed by atoms with van der Waals surface area (Å²) in [5.41, 5.74) is 0.794. The first kappa shape index (κ1) is 14.6. The Morgan fingerprint density at radius 3 is 2.81 bits per heavy atom. The van der Waals surface area contributed by atoms with Crippen molar-refractivity contribution in [2.24, 2.45) is 0 Å². The molecule has 6 heteroatoms. The summed E-state index contributed by atoms with van der Waals surface area (Å²) >= 11 is 0. The van der Waals surface area contributed by atoms with Gasteiger partial charge in [0.2, 0.25) is 0 Å². The molecule has 5 nitrogen and oxygen atoms in total. The van der Waals surface area contributed by atoms with Crippen molar-refractivity contribution in [3.05, 3.63) is 41.2 Å². The molecule has 0 atom stereocenters. The predicted molar refractivity (Wildman–Crippen MR) is 74.9 cm³/mol. The summed E-state index contributed by atoms with van der Waals surface area (Å²) in [5.74, 6) is 0.0385. The van der Waals surface area contributed by atoms with Gasteiger partial charge in [-0.25, -0.2) is 9.18 Å². The van der Waals surface area contributed by atoms with Crippen LogP contribution in [0.3, 0.4) is 0 Å². The highest BCUT2D eigenvalue weighted by Gasteiger charge is 2.14. The van der Waals surface area contributed by atoms with E-state index in [1.54, 1.807) is 12.1 Å². The lowest BCUT2D eigenvalue weighted by Gasteiger charge is -2.12. The van der Waals surface area contributed by atoms with E-state index in [1.165, 1.54) is 19.2 Å². The highest BCUT2D eigenvalue weighted by molar-refractivity contribution is 5.93. The largest absolute Gasteiger partial charge is 0.496 e. The van der Waals surface area contributed by atoms with Gasteiger partial charge in [-0.3, -0.25) is 0 Å². The molecule has 0 heterocycles. The molecule has 0 fully saturated rings. The molecule has 1 amide bonds. The minimum absolute atomic E-state index is 0.0970. The van der Waals surface area contributed by atoms with Crippen LogP contribution in [0.2, 0.25) is 0 Å². The maximum Gasteiger partial charge on any atom is 0.404 e. The molecule has 0 saturated heterocycles. The third-order valence-corrected chi connectivity index (χ3v) is 3.19. The summed E-state index contributed by atoms with van der Waals surface area (Å²) in [5, 5.41) is 20.8. The van der Waals surface area contributed by atoms with Gasteiger partial charge in [0.1, 0.15) is 11.6 Å². The summed E-state index contributed by atoms with van der Waals surface area (Å²) < 4.78 is 19.4. The number of fused-ring (bicyclic) bond motifs is 1. The standard InChI is InChI=1S/C15H13FN2O3/c1-21-13-5-4-12(16)14-10(6-7-18-15(19)20)9(8-17)2-3-11(13)14/h2-5,18H,6-7H2,1H3,(H,19,20). The van der Waals surface area contributed by atoms with Crippen LogP contribution >= 0.6 is 0 Å². The van der Waals surface area contributed by atoms with E-state index in [4.69, 9.17) is 15.1 Å². The van der Waals surface area contributed by atoms with E-state index >= 15 is 0 Å². The van der Waals surface area contributed by atoms with Crippen molar-refractivity contribution in [1.82, 2.24) is 5.32 Å². The molecule has 0 radical (unpaired) electrons. The second kappa shape index (κ2) is 6.09. The number of methoxy groups -OCH3 is 1. The maximum atomic E-state index is 14.2. The predicted octanol–water partition coefficient (Wildman–Crippen LogP) is 2.67. The number of ether oxygens (including phenoxy) is 1. The smallest absolute Gasteiger partial charge is 0.404 e. The molecule has 0 saturated carbocycles. The number of halogens is 1. The van der Waals surface area contributed by atoms with Gasteiger partial charge in [0, 0.05) is 17.3 Å². The first-order chi connectivity index (χ1) is 10.1. The van der Waals surface area contributed by atoms with Crippen LogP contribution in [0.4, 0.5) is 9.18 Å². The lowest BCUT2D eigenvalue weighted by molar-refractivity contribution is 0.194. The number of nitriles is 1. The Bertz CT molecular complexity index is 738. The lowest BCUT2D eigenvalue weighted by atomic mass is 9.96. The van der Waals surface area contributed by atoms with Gasteiger partial charge in [0.05, 0.1) is 18.7 Å².